The van der Waals surface area contributed by atoms with E-state index >= 15 is 9.18 Å². The Morgan fingerprint density at radius 2 is 1.79 bits per heavy atom. The molecule has 1 amide bonds. The van der Waals surface area contributed by atoms with Gasteiger partial charge in [-0.3, -0.25) is 24.2 Å². The molecule has 10 nitrogen and oxygen atoms in total. The van der Waals surface area contributed by atoms with Gasteiger partial charge in [-0.1, -0.05) is 51.9 Å². The minimum atomic E-state index is -0.467. The second-order valence-corrected chi connectivity index (χ2v) is 15.7. The van der Waals surface area contributed by atoms with E-state index in [0.29, 0.717) is 60.2 Å². The fourth-order valence-electron chi connectivity index (χ4n) is 9.04. The number of carbonyl (C=O) groups is 1. The SMILES string of the molecule is C=CC(=O)N1CC2CNC3Cc4c(c5cc(F)c(-c6c(C)ccc7[nH]ncc67)c(Cl)c5n(-c5c(C(C)C)ncnc5C(C)C)c4=O)CC3N2CC1C. The summed E-state index contributed by atoms with van der Waals surface area (Å²) >= 11 is 7.54. The van der Waals surface area contributed by atoms with E-state index in [-0.39, 0.29) is 58.1 Å². The zero-order valence-electron chi connectivity index (χ0n) is 30.4. The predicted molar refractivity (Wildman–Crippen MR) is 203 cm³/mol. The number of benzene rings is 2. The van der Waals surface area contributed by atoms with E-state index in [9.17, 15) is 4.79 Å². The second kappa shape index (κ2) is 12.9. The van der Waals surface area contributed by atoms with Crippen molar-refractivity contribution < 1.29 is 9.18 Å². The van der Waals surface area contributed by atoms with Crippen LogP contribution in [0.15, 0.2) is 48.2 Å². The number of carbonyl (C=O) groups excluding carboxylic acids is 1. The molecule has 2 N–H and O–H groups in total. The van der Waals surface area contributed by atoms with Crippen LogP contribution in [0.1, 0.15) is 74.5 Å². The first-order valence-electron chi connectivity index (χ1n) is 18.2. The van der Waals surface area contributed by atoms with Gasteiger partial charge in [-0.15, -0.1) is 0 Å². The highest BCUT2D eigenvalue weighted by Gasteiger charge is 2.46. The number of aromatic nitrogens is 5. The van der Waals surface area contributed by atoms with E-state index < -0.39 is 5.82 Å². The number of nitrogens with one attached hydrogen (secondary N) is 2. The van der Waals surface area contributed by atoms with Crippen LogP contribution in [0.5, 0.6) is 0 Å². The van der Waals surface area contributed by atoms with Crippen LogP contribution < -0.4 is 10.9 Å². The van der Waals surface area contributed by atoms with Crippen LogP contribution in [-0.2, 0) is 17.6 Å². The molecule has 0 spiro atoms. The van der Waals surface area contributed by atoms with Gasteiger partial charge in [-0.25, -0.2) is 14.4 Å². The molecule has 3 aliphatic rings. The number of hydrogen-bond donors (Lipinski definition) is 2. The molecule has 2 aliphatic heterocycles. The Bertz CT molecular complexity index is 2320. The van der Waals surface area contributed by atoms with E-state index in [2.05, 4.69) is 33.9 Å². The van der Waals surface area contributed by atoms with Gasteiger partial charge < -0.3 is 10.2 Å². The maximum Gasteiger partial charge on any atom is 0.259 e. The van der Waals surface area contributed by atoms with Crippen molar-refractivity contribution in [1.82, 2.24) is 39.8 Å². The van der Waals surface area contributed by atoms with Gasteiger partial charge in [0.1, 0.15) is 12.1 Å². The quantitative estimate of drug-likeness (QED) is 0.208. The first-order chi connectivity index (χ1) is 24.9. The standard InChI is InChI=1S/C40H44ClFN8O2/c1-8-32(51)48-17-23-14-43-30-12-26-24(13-31(30)49(23)16-22(48)7)25-11-28(42)34(33-21(6)9-10-29-27(33)15-46-47-29)35(41)38(25)50(40(26)52)39-36(19(2)3)44-18-45-37(39)20(4)5/h8-11,15,18-20,22-23,30-31,43H,1,12-14,16-17H2,2-7H3,(H,46,47). The number of nitrogens with zero attached hydrogens (tertiary/aromatic N) is 6. The smallest absolute Gasteiger partial charge is 0.259 e. The Balaban J connectivity index is 1.41. The van der Waals surface area contributed by atoms with Crippen molar-refractivity contribution in [3.63, 3.8) is 0 Å². The second-order valence-electron chi connectivity index (χ2n) is 15.3. The number of halogens is 2. The summed E-state index contributed by atoms with van der Waals surface area (Å²) < 4.78 is 18.7. The van der Waals surface area contributed by atoms with E-state index in [1.807, 2.05) is 51.7 Å². The monoisotopic (exact) mass is 722 g/mol. The molecule has 52 heavy (non-hydrogen) atoms. The summed E-state index contributed by atoms with van der Waals surface area (Å²) in [6, 6.07) is 5.55. The molecule has 8 rings (SSSR count). The van der Waals surface area contributed by atoms with Crippen LogP contribution in [0.2, 0.25) is 5.02 Å². The van der Waals surface area contributed by atoms with Gasteiger partial charge in [-0.2, -0.15) is 5.10 Å². The van der Waals surface area contributed by atoms with E-state index in [0.717, 1.165) is 33.4 Å². The molecule has 12 heteroatoms. The van der Waals surface area contributed by atoms with Gasteiger partial charge >= 0.3 is 0 Å². The highest BCUT2D eigenvalue weighted by atomic mass is 35.5. The molecule has 2 fully saturated rings. The first kappa shape index (κ1) is 34.6. The zero-order chi connectivity index (χ0) is 36.7. The molecule has 1 aliphatic carbocycles. The third-order valence-electron chi connectivity index (χ3n) is 11.5. The third kappa shape index (κ3) is 5.22. The number of amides is 1. The molecule has 5 aromatic rings. The van der Waals surface area contributed by atoms with Crippen molar-refractivity contribution in [2.45, 2.75) is 90.4 Å². The van der Waals surface area contributed by atoms with Gasteiger partial charge in [0.15, 0.2) is 0 Å². The Hall–Kier alpha value is -4.45. The van der Waals surface area contributed by atoms with Crippen molar-refractivity contribution in [3.05, 3.63) is 92.7 Å². The van der Waals surface area contributed by atoms with Crippen LogP contribution in [0.25, 0.3) is 38.6 Å². The van der Waals surface area contributed by atoms with Crippen molar-refractivity contribution in [3.8, 4) is 16.8 Å². The van der Waals surface area contributed by atoms with Crippen molar-refractivity contribution in [2.75, 3.05) is 19.6 Å². The number of rotatable bonds is 5. The fraction of sp³-hybridized carbons (Fsp3) is 0.425. The van der Waals surface area contributed by atoms with Crippen LogP contribution in [0.4, 0.5) is 4.39 Å². The topological polar surface area (TPSA) is 112 Å². The van der Waals surface area contributed by atoms with Gasteiger partial charge in [0.05, 0.1) is 39.3 Å². The average Bonchev–Trinajstić information content (AvgIpc) is 3.60. The van der Waals surface area contributed by atoms with E-state index in [4.69, 9.17) is 21.6 Å². The number of fused-ring (bicyclic) bond motifs is 7. The Kier molecular flexibility index (Phi) is 8.59. The number of piperazine rings is 2. The molecule has 0 radical (unpaired) electrons. The summed E-state index contributed by atoms with van der Waals surface area (Å²) in [5, 5.41) is 12.5. The number of hydrogen-bond acceptors (Lipinski definition) is 7. The minimum Gasteiger partial charge on any atom is -0.334 e. The number of H-pyrrole nitrogens is 1. The Morgan fingerprint density at radius 3 is 2.48 bits per heavy atom. The molecule has 5 heterocycles. The predicted octanol–water partition coefficient (Wildman–Crippen LogP) is 6.20. The summed E-state index contributed by atoms with van der Waals surface area (Å²) in [6.45, 7) is 17.9. The lowest BCUT2D eigenvalue weighted by atomic mass is 9.79. The summed E-state index contributed by atoms with van der Waals surface area (Å²) in [4.78, 5) is 41.8. The van der Waals surface area contributed by atoms with Crippen LogP contribution in [0, 0.1) is 12.7 Å². The molecule has 0 bridgehead atoms. The van der Waals surface area contributed by atoms with Gasteiger partial charge in [0.2, 0.25) is 5.91 Å². The molecule has 3 aromatic heterocycles. The molecule has 0 saturated carbocycles. The van der Waals surface area contributed by atoms with E-state index in [1.54, 1.807) is 23.2 Å². The largest absolute Gasteiger partial charge is 0.334 e. The van der Waals surface area contributed by atoms with Gasteiger partial charge in [0.25, 0.3) is 5.56 Å². The Labute approximate surface area is 307 Å². The molecule has 2 aromatic carbocycles. The normalized spacial score (nSPS) is 21.8. The zero-order valence-corrected chi connectivity index (χ0v) is 31.2. The molecule has 4 unspecified atom stereocenters. The van der Waals surface area contributed by atoms with Crippen LogP contribution >= 0.6 is 11.6 Å². The third-order valence-corrected chi connectivity index (χ3v) is 11.9. The lowest BCUT2D eigenvalue weighted by Gasteiger charge is -2.55. The molecule has 270 valence electrons. The highest BCUT2D eigenvalue weighted by Crippen LogP contribution is 2.45. The first-order valence-corrected chi connectivity index (χ1v) is 18.6. The van der Waals surface area contributed by atoms with Crippen molar-refractivity contribution >= 4 is 39.3 Å². The summed E-state index contributed by atoms with van der Waals surface area (Å²) in [7, 11) is 0. The highest BCUT2D eigenvalue weighted by molar-refractivity contribution is 6.38. The van der Waals surface area contributed by atoms with Crippen LogP contribution in [-0.4, -0.2) is 84.2 Å². The minimum absolute atomic E-state index is 0.00157. The van der Waals surface area contributed by atoms with Gasteiger partial charge in [0, 0.05) is 71.3 Å². The molecule has 2 saturated heterocycles. The lowest BCUT2D eigenvalue weighted by molar-refractivity contribution is -0.134. The fourth-order valence-corrected chi connectivity index (χ4v) is 9.41. The molecular formula is C40H44ClFN8O2. The Morgan fingerprint density at radius 1 is 1.06 bits per heavy atom. The number of aryl methyl sites for hydroxylation is 1. The molecular weight excluding hydrogens is 679 g/mol. The average molecular weight is 723 g/mol. The van der Waals surface area contributed by atoms with Crippen molar-refractivity contribution in [2.24, 2.45) is 0 Å². The summed E-state index contributed by atoms with van der Waals surface area (Å²) in [5.41, 5.74) is 6.25. The lowest BCUT2D eigenvalue weighted by Crippen LogP contribution is -2.72. The van der Waals surface area contributed by atoms with Crippen LogP contribution in [0.3, 0.4) is 0 Å². The van der Waals surface area contributed by atoms with Crippen molar-refractivity contribution in [1.29, 1.82) is 0 Å². The van der Waals surface area contributed by atoms with Gasteiger partial charge in [-0.05, 0) is 67.9 Å². The maximum absolute atomic E-state index is 17.0. The van der Waals surface area contributed by atoms with E-state index in [1.165, 1.54) is 6.08 Å². The maximum atomic E-state index is 17.0. The number of pyridine rings is 1. The summed E-state index contributed by atoms with van der Waals surface area (Å²) in [6.07, 6.45) is 5.63. The number of aromatic amines is 1. The summed E-state index contributed by atoms with van der Waals surface area (Å²) in [5.74, 6) is -0.609. The molecule has 4 atom stereocenters.